The molecule has 0 aliphatic carbocycles. The number of carbonyl (C=O) groups excluding carboxylic acids is 2. The van der Waals surface area contributed by atoms with Crippen molar-refractivity contribution >= 4 is 17.6 Å². The summed E-state index contributed by atoms with van der Waals surface area (Å²) >= 11 is 0. The Labute approximate surface area is 109 Å². The van der Waals surface area contributed by atoms with Gasteiger partial charge in [0.1, 0.15) is 17.7 Å². The van der Waals surface area contributed by atoms with Crippen molar-refractivity contribution in [1.29, 1.82) is 0 Å². The molecular formula is C12H15F2N3O2. The molecule has 7 heteroatoms. The summed E-state index contributed by atoms with van der Waals surface area (Å²) in [5.41, 5.74) is 4.79. The molecule has 0 saturated carbocycles. The number of anilines is 1. The lowest BCUT2D eigenvalue weighted by molar-refractivity contribution is -0.118. The molecule has 0 heterocycles. The van der Waals surface area contributed by atoms with Gasteiger partial charge in [0.2, 0.25) is 5.91 Å². The number of carbonyl (C=O) groups is 2. The maximum Gasteiger partial charge on any atom is 0.312 e. The highest BCUT2D eigenvalue weighted by atomic mass is 19.1. The Balaban J connectivity index is 2.84. The minimum absolute atomic E-state index is 0.164. The van der Waals surface area contributed by atoms with Gasteiger partial charge in [-0.3, -0.25) is 4.79 Å². The zero-order valence-corrected chi connectivity index (χ0v) is 10.5. The lowest BCUT2D eigenvalue weighted by Crippen LogP contribution is -2.49. The lowest BCUT2D eigenvalue weighted by atomic mass is 10.0. The van der Waals surface area contributed by atoms with Crippen LogP contribution in [0.1, 0.15) is 13.8 Å². The van der Waals surface area contributed by atoms with E-state index in [0.717, 1.165) is 12.1 Å². The van der Waals surface area contributed by atoms with Gasteiger partial charge in [-0.15, -0.1) is 0 Å². The van der Waals surface area contributed by atoms with Crippen molar-refractivity contribution in [3.8, 4) is 0 Å². The second kappa shape index (κ2) is 6.12. The standard InChI is InChI=1S/C12H15F2N3O2/c1-6(2)10(17-12(15)19)11(18)16-9-4-3-7(13)5-8(9)14/h3-6,10H,1-2H3,(H,16,18)(H3,15,17,19)/t10-/m0/s1. The molecule has 0 aromatic heterocycles. The van der Waals surface area contributed by atoms with Crippen molar-refractivity contribution in [1.82, 2.24) is 5.32 Å². The Kier molecular flexibility index (Phi) is 4.80. The van der Waals surface area contributed by atoms with Gasteiger partial charge in [0.25, 0.3) is 0 Å². The first-order valence-corrected chi connectivity index (χ1v) is 5.63. The molecule has 0 aliphatic rings. The molecule has 4 N–H and O–H groups in total. The highest BCUT2D eigenvalue weighted by molar-refractivity contribution is 5.97. The highest BCUT2D eigenvalue weighted by Crippen LogP contribution is 2.16. The number of hydrogen-bond donors (Lipinski definition) is 3. The Bertz CT molecular complexity index is 492. The summed E-state index contributed by atoms with van der Waals surface area (Å²) in [5, 5.41) is 4.53. The van der Waals surface area contributed by atoms with Crippen molar-refractivity contribution < 1.29 is 18.4 Å². The summed E-state index contributed by atoms with van der Waals surface area (Å²) in [4.78, 5) is 22.7. The molecule has 5 nitrogen and oxygen atoms in total. The SMILES string of the molecule is CC(C)[C@H](NC(N)=O)C(=O)Nc1ccc(F)cc1F. The van der Waals surface area contributed by atoms with Crippen LogP contribution in [0.3, 0.4) is 0 Å². The largest absolute Gasteiger partial charge is 0.352 e. The Hall–Kier alpha value is -2.18. The molecule has 1 aromatic rings. The van der Waals surface area contributed by atoms with E-state index in [2.05, 4.69) is 10.6 Å². The molecule has 3 amide bonds. The zero-order valence-electron chi connectivity index (χ0n) is 10.5. The summed E-state index contributed by atoms with van der Waals surface area (Å²) in [6, 6.07) is 1.02. The summed E-state index contributed by atoms with van der Waals surface area (Å²) in [6.07, 6.45) is 0. The first-order chi connectivity index (χ1) is 8.81. The van der Waals surface area contributed by atoms with Gasteiger partial charge >= 0.3 is 6.03 Å². The van der Waals surface area contributed by atoms with Gasteiger partial charge in [-0.1, -0.05) is 13.8 Å². The Morgan fingerprint density at radius 1 is 1.26 bits per heavy atom. The molecule has 0 aliphatic heterocycles. The Morgan fingerprint density at radius 2 is 1.89 bits per heavy atom. The number of amides is 3. The highest BCUT2D eigenvalue weighted by Gasteiger charge is 2.24. The van der Waals surface area contributed by atoms with Gasteiger partial charge in [-0.05, 0) is 18.1 Å². The average Bonchev–Trinajstić information content (AvgIpc) is 2.29. The second-order valence-electron chi connectivity index (χ2n) is 4.34. The molecule has 0 spiro atoms. The number of benzene rings is 1. The molecule has 0 bridgehead atoms. The summed E-state index contributed by atoms with van der Waals surface area (Å²) < 4.78 is 26.1. The zero-order chi connectivity index (χ0) is 14.6. The van der Waals surface area contributed by atoms with E-state index in [-0.39, 0.29) is 11.6 Å². The molecule has 0 fully saturated rings. The van der Waals surface area contributed by atoms with E-state index in [1.807, 2.05) is 0 Å². The van der Waals surface area contributed by atoms with Crippen molar-refractivity contribution in [3.05, 3.63) is 29.8 Å². The predicted octanol–water partition coefficient (Wildman–Crippen LogP) is 1.60. The van der Waals surface area contributed by atoms with Crippen molar-refractivity contribution in [2.45, 2.75) is 19.9 Å². The molecular weight excluding hydrogens is 256 g/mol. The fraction of sp³-hybridized carbons (Fsp3) is 0.333. The second-order valence-corrected chi connectivity index (χ2v) is 4.34. The maximum absolute atomic E-state index is 13.4. The van der Waals surface area contributed by atoms with Crippen LogP contribution >= 0.6 is 0 Å². The van der Waals surface area contributed by atoms with E-state index in [0.29, 0.717) is 6.07 Å². The van der Waals surface area contributed by atoms with Gasteiger partial charge in [0.05, 0.1) is 5.69 Å². The third kappa shape index (κ3) is 4.20. The van der Waals surface area contributed by atoms with Gasteiger partial charge in [0, 0.05) is 6.07 Å². The van der Waals surface area contributed by atoms with Crippen LogP contribution < -0.4 is 16.4 Å². The smallest absolute Gasteiger partial charge is 0.312 e. The van der Waals surface area contributed by atoms with Gasteiger partial charge in [0.15, 0.2) is 0 Å². The first kappa shape index (κ1) is 14.9. The molecule has 1 aromatic carbocycles. The molecule has 0 unspecified atom stereocenters. The summed E-state index contributed by atoms with van der Waals surface area (Å²) in [7, 11) is 0. The molecule has 0 saturated heterocycles. The predicted molar refractivity (Wildman–Crippen MR) is 66.3 cm³/mol. The van der Waals surface area contributed by atoms with Crippen LogP contribution in [0.25, 0.3) is 0 Å². The van der Waals surface area contributed by atoms with Crippen LogP contribution in [-0.2, 0) is 4.79 Å². The Morgan fingerprint density at radius 3 is 2.37 bits per heavy atom. The van der Waals surface area contributed by atoms with E-state index in [9.17, 15) is 18.4 Å². The van der Waals surface area contributed by atoms with Crippen LogP contribution in [0.2, 0.25) is 0 Å². The van der Waals surface area contributed by atoms with Crippen LogP contribution in [0.15, 0.2) is 18.2 Å². The fourth-order valence-electron chi connectivity index (χ4n) is 1.49. The average molecular weight is 271 g/mol. The van der Waals surface area contributed by atoms with Gasteiger partial charge < -0.3 is 16.4 Å². The van der Waals surface area contributed by atoms with Crippen LogP contribution in [0.4, 0.5) is 19.3 Å². The fourth-order valence-corrected chi connectivity index (χ4v) is 1.49. The van der Waals surface area contributed by atoms with E-state index in [1.54, 1.807) is 13.8 Å². The normalized spacial score (nSPS) is 12.1. The van der Waals surface area contributed by atoms with E-state index in [1.165, 1.54) is 0 Å². The minimum atomic E-state index is -0.901. The summed E-state index contributed by atoms with van der Waals surface area (Å²) in [5.74, 6) is -2.50. The number of primary amides is 1. The molecule has 1 atom stereocenters. The number of nitrogens with two attached hydrogens (primary N) is 1. The van der Waals surface area contributed by atoms with E-state index >= 15 is 0 Å². The third-order valence-electron chi connectivity index (χ3n) is 2.44. The monoisotopic (exact) mass is 271 g/mol. The topological polar surface area (TPSA) is 84.2 Å². The molecule has 19 heavy (non-hydrogen) atoms. The number of nitrogens with one attached hydrogen (secondary N) is 2. The number of rotatable bonds is 4. The minimum Gasteiger partial charge on any atom is -0.352 e. The van der Waals surface area contributed by atoms with Crippen LogP contribution in [0, 0.1) is 17.6 Å². The van der Waals surface area contributed by atoms with E-state index < -0.39 is 29.6 Å². The molecule has 104 valence electrons. The molecule has 1 rings (SSSR count). The van der Waals surface area contributed by atoms with Crippen molar-refractivity contribution in [2.24, 2.45) is 11.7 Å². The van der Waals surface area contributed by atoms with Crippen LogP contribution in [0.5, 0.6) is 0 Å². The van der Waals surface area contributed by atoms with E-state index in [4.69, 9.17) is 5.73 Å². The third-order valence-corrected chi connectivity index (χ3v) is 2.44. The lowest BCUT2D eigenvalue weighted by Gasteiger charge is -2.20. The van der Waals surface area contributed by atoms with Gasteiger partial charge in [-0.2, -0.15) is 0 Å². The van der Waals surface area contributed by atoms with Crippen molar-refractivity contribution in [2.75, 3.05) is 5.32 Å². The number of halogens is 2. The van der Waals surface area contributed by atoms with Gasteiger partial charge in [-0.25, -0.2) is 13.6 Å². The van der Waals surface area contributed by atoms with Crippen molar-refractivity contribution in [3.63, 3.8) is 0 Å². The number of urea groups is 1. The number of hydrogen-bond acceptors (Lipinski definition) is 2. The first-order valence-electron chi connectivity index (χ1n) is 5.63. The quantitative estimate of drug-likeness (QED) is 0.777. The summed E-state index contributed by atoms with van der Waals surface area (Å²) in [6.45, 7) is 3.39. The molecule has 0 radical (unpaired) electrons. The maximum atomic E-state index is 13.4. The van der Waals surface area contributed by atoms with Crippen LogP contribution in [-0.4, -0.2) is 18.0 Å².